The first-order valence-electron chi connectivity index (χ1n) is 7.52. The molecule has 1 saturated carbocycles. The molecule has 2 aromatic rings. The van der Waals surface area contributed by atoms with Crippen LogP contribution >= 0.6 is 0 Å². The third-order valence-electron chi connectivity index (χ3n) is 4.36. The van der Waals surface area contributed by atoms with Crippen LogP contribution in [0, 0.1) is 20.8 Å². The molecule has 6 nitrogen and oxygen atoms in total. The van der Waals surface area contributed by atoms with Crippen molar-refractivity contribution in [1.29, 1.82) is 0 Å². The summed E-state index contributed by atoms with van der Waals surface area (Å²) in [6.07, 6.45) is 2.43. The predicted octanol–water partition coefficient (Wildman–Crippen LogP) is 2.14. The van der Waals surface area contributed by atoms with Gasteiger partial charge < -0.3 is 10.4 Å². The van der Waals surface area contributed by atoms with Crippen LogP contribution in [0.2, 0.25) is 0 Å². The molecule has 0 spiro atoms. The Balaban J connectivity index is 1.92. The number of carbonyl (C=O) groups is 2. The Morgan fingerprint density at radius 3 is 2.57 bits per heavy atom. The van der Waals surface area contributed by atoms with E-state index in [1.807, 2.05) is 39.0 Å². The van der Waals surface area contributed by atoms with E-state index < -0.39 is 11.5 Å². The number of aromatic nitrogens is 2. The standard InChI is InChI=1S/C17H19N3O3/c1-10-4-5-11(2)14(8-10)20-12(3)13(9-18-20)15(21)19-17(6-7-17)16(22)23/h4-5,8-9H,6-7H2,1-3H3,(H,19,21)(H,22,23). The van der Waals surface area contributed by atoms with Crippen LogP contribution in [0.5, 0.6) is 0 Å². The number of nitrogens with one attached hydrogen (secondary N) is 1. The number of hydrogen-bond acceptors (Lipinski definition) is 3. The number of hydrogen-bond donors (Lipinski definition) is 2. The van der Waals surface area contributed by atoms with E-state index in [9.17, 15) is 14.7 Å². The molecule has 0 saturated heterocycles. The lowest BCUT2D eigenvalue weighted by atomic mass is 10.1. The number of carboxylic acid groups (broad SMARTS) is 1. The van der Waals surface area contributed by atoms with Gasteiger partial charge in [0.05, 0.1) is 23.1 Å². The van der Waals surface area contributed by atoms with Crippen LogP contribution in [0.15, 0.2) is 24.4 Å². The highest BCUT2D eigenvalue weighted by Gasteiger charge is 2.51. The number of carboxylic acids is 1. The highest BCUT2D eigenvalue weighted by Crippen LogP contribution is 2.36. The molecule has 2 N–H and O–H groups in total. The second-order valence-corrected chi connectivity index (χ2v) is 6.19. The molecule has 1 aliphatic carbocycles. The van der Waals surface area contributed by atoms with Gasteiger partial charge in [0.2, 0.25) is 0 Å². The van der Waals surface area contributed by atoms with Gasteiger partial charge >= 0.3 is 5.97 Å². The fourth-order valence-corrected chi connectivity index (χ4v) is 2.62. The topological polar surface area (TPSA) is 84.2 Å². The van der Waals surface area contributed by atoms with Gasteiger partial charge in [-0.2, -0.15) is 5.10 Å². The van der Waals surface area contributed by atoms with Gasteiger partial charge in [-0.25, -0.2) is 9.48 Å². The van der Waals surface area contributed by atoms with Crippen molar-refractivity contribution >= 4 is 11.9 Å². The van der Waals surface area contributed by atoms with E-state index in [0.717, 1.165) is 16.8 Å². The molecular formula is C17H19N3O3. The van der Waals surface area contributed by atoms with Crippen LogP contribution in [0.4, 0.5) is 0 Å². The van der Waals surface area contributed by atoms with Gasteiger partial charge in [-0.15, -0.1) is 0 Å². The maximum atomic E-state index is 12.4. The molecule has 1 fully saturated rings. The second-order valence-electron chi connectivity index (χ2n) is 6.19. The van der Waals surface area contributed by atoms with E-state index >= 15 is 0 Å². The first-order valence-corrected chi connectivity index (χ1v) is 7.52. The number of aryl methyl sites for hydroxylation is 2. The molecule has 3 rings (SSSR count). The monoisotopic (exact) mass is 313 g/mol. The molecule has 0 atom stereocenters. The highest BCUT2D eigenvalue weighted by atomic mass is 16.4. The van der Waals surface area contributed by atoms with Crippen molar-refractivity contribution in [3.05, 3.63) is 46.8 Å². The van der Waals surface area contributed by atoms with Gasteiger partial charge in [0.25, 0.3) is 5.91 Å². The van der Waals surface area contributed by atoms with E-state index in [1.54, 1.807) is 4.68 Å². The molecule has 1 aromatic carbocycles. The van der Waals surface area contributed by atoms with Crippen molar-refractivity contribution in [2.75, 3.05) is 0 Å². The molecule has 1 amide bonds. The maximum Gasteiger partial charge on any atom is 0.329 e. The Kier molecular flexibility index (Phi) is 3.47. The summed E-state index contributed by atoms with van der Waals surface area (Å²) in [5.41, 5.74) is 3.08. The third kappa shape index (κ3) is 2.60. The summed E-state index contributed by atoms with van der Waals surface area (Å²) in [5.74, 6) is -1.37. The first kappa shape index (κ1) is 15.3. The molecule has 0 unspecified atom stereocenters. The van der Waals surface area contributed by atoms with Crippen molar-refractivity contribution in [3.8, 4) is 5.69 Å². The van der Waals surface area contributed by atoms with Crippen molar-refractivity contribution < 1.29 is 14.7 Å². The molecule has 0 bridgehead atoms. The Morgan fingerprint density at radius 2 is 1.96 bits per heavy atom. The number of aliphatic carboxylic acids is 1. The molecular weight excluding hydrogens is 294 g/mol. The van der Waals surface area contributed by atoms with Crippen molar-refractivity contribution in [3.63, 3.8) is 0 Å². The van der Waals surface area contributed by atoms with E-state index in [1.165, 1.54) is 6.20 Å². The summed E-state index contributed by atoms with van der Waals surface area (Å²) in [6.45, 7) is 5.79. The quantitative estimate of drug-likeness (QED) is 0.906. The van der Waals surface area contributed by atoms with Crippen LogP contribution in [-0.2, 0) is 4.79 Å². The van der Waals surface area contributed by atoms with Crippen LogP contribution < -0.4 is 5.32 Å². The lowest BCUT2D eigenvalue weighted by molar-refractivity contribution is -0.140. The average Bonchev–Trinajstić information content (AvgIpc) is 3.17. The normalized spacial score (nSPS) is 15.3. The van der Waals surface area contributed by atoms with E-state index in [-0.39, 0.29) is 5.91 Å². The molecule has 1 heterocycles. The summed E-state index contributed by atoms with van der Waals surface area (Å²) in [4.78, 5) is 23.6. The smallest absolute Gasteiger partial charge is 0.329 e. The van der Waals surface area contributed by atoms with E-state index in [2.05, 4.69) is 10.4 Å². The van der Waals surface area contributed by atoms with Crippen molar-refractivity contribution in [1.82, 2.24) is 15.1 Å². The molecule has 23 heavy (non-hydrogen) atoms. The molecule has 1 aromatic heterocycles. The lowest BCUT2D eigenvalue weighted by Gasteiger charge is -2.13. The predicted molar refractivity (Wildman–Crippen MR) is 84.8 cm³/mol. The zero-order valence-electron chi connectivity index (χ0n) is 13.4. The van der Waals surface area contributed by atoms with Gasteiger partial charge in [0.1, 0.15) is 5.54 Å². The van der Waals surface area contributed by atoms with Gasteiger partial charge in [-0.05, 0) is 50.8 Å². The zero-order chi connectivity index (χ0) is 16.8. The fraction of sp³-hybridized carbons (Fsp3) is 0.353. The number of carbonyl (C=O) groups excluding carboxylic acids is 1. The lowest BCUT2D eigenvalue weighted by Crippen LogP contribution is -2.43. The second kappa shape index (κ2) is 5.22. The van der Waals surface area contributed by atoms with Gasteiger partial charge in [0, 0.05) is 0 Å². The number of amides is 1. The Morgan fingerprint density at radius 1 is 1.26 bits per heavy atom. The number of benzene rings is 1. The zero-order valence-corrected chi connectivity index (χ0v) is 13.4. The van der Waals surface area contributed by atoms with Gasteiger partial charge in [-0.1, -0.05) is 12.1 Å². The summed E-state index contributed by atoms with van der Waals surface area (Å²) < 4.78 is 1.72. The highest BCUT2D eigenvalue weighted by molar-refractivity contribution is 5.99. The van der Waals surface area contributed by atoms with Crippen molar-refractivity contribution in [2.24, 2.45) is 0 Å². The van der Waals surface area contributed by atoms with Crippen LogP contribution in [-0.4, -0.2) is 32.3 Å². The Bertz CT molecular complexity index is 803. The first-order chi connectivity index (χ1) is 10.8. The summed E-state index contributed by atoms with van der Waals surface area (Å²) >= 11 is 0. The van der Waals surface area contributed by atoms with Crippen LogP contribution in [0.1, 0.15) is 40.0 Å². The number of nitrogens with zero attached hydrogens (tertiary/aromatic N) is 2. The summed E-state index contributed by atoms with van der Waals surface area (Å²) in [7, 11) is 0. The minimum absolute atomic E-state index is 0.390. The molecule has 6 heteroatoms. The van der Waals surface area contributed by atoms with E-state index in [0.29, 0.717) is 24.1 Å². The Labute approximate surface area is 134 Å². The summed E-state index contributed by atoms with van der Waals surface area (Å²) in [5, 5.41) is 16.1. The fourth-order valence-electron chi connectivity index (χ4n) is 2.62. The van der Waals surface area contributed by atoms with E-state index in [4.69, 9.17) is 0 Å². The number of rotatable bonds is 4. The van der Waals surface area contributed by atoms with Gasteiger partial charge in [-0.3, -0.25) is 4.79 Å². The average molecular weight is 313 g/mol. The molecule has 0 aliphatic heterocycles. The summed E-state index contributed by atoms with van der Waals surface area (Å²) in [6, 6.07) is 6.04. The molecule has 0 radical (unpaired) electrons. The largest absolute Gasteiger partial charge is 0.480 e. The van der Waals surface area contributed by atoms with Crippen LogP contribution in [0.3, 0.4) is 0 Å². The molecule has 1 aliphatic rings. The minimum atomic E-state index is -1.09. The van der Waals surface area contributed by atoms with Gasteiger partial charge in [0.15, 0.2) is 0 Å². The van der Waals surface area contributed by atoms with Crippen molar-refractivity contribution in [2.45, 2.75) is 39.2 Å². The minimum Gasteiger partial charge on any atom is -0.480 e. The third-order valence-corrected chi connectivity index (χ3v) is 4.36. The SMILES string of the molecule is Cc1ccc(C)c(-n2ncc(C(=O)NC3(C(=O)O)CC3)c2C)c1. The Hall–Kier alpha value is -2.63. The maximum absolute atomic E-state index is 12.4. The van der Waals surface area contributed by atoms with Crippen LogP contribution in [0.25, 0.3) is 5.69 Å². The molecule has 120 valence electrons.